The fraction of sp³-hybridized carbons (Fsp3) is 0.562. The topological polar surface area (TPSA) is 35.5 Å². The maximum Gasteiger partial charge on any atom is 0.159 e. The molecule has 0 fully saturated rings. The second-order valence-electron chi connectivity index (χ2n) is 4.99. The summed E-state index contributed by atoms with van der Waals surface area (Å²) in [5, 5.41) is 0. The molecule has 0 spiro atoms. The minimum absolute atomic E-state index is 0.0586. The Bertz CT molecular complexity index is 412. The van der Waals surface area contributed by atoms with Crippen molar-refractivity contribution in [3.8, 4) is 5.75 Å². The summed E-state index contributed by atoms with van der Waals surface area (Å²) in [7, 11) is 1.63. The third kappa shape index (κ3) is 5.03. The summed E-state index contributed by atoms with van der Waals surface area (Å²) >= 11 is 0. The van der Waals surface area contributed by atoms with E-state index in [2.05, 4.69) is 13.8 Å². The van der Waals surface area contributed by atoms with Gasteiger partial charge in [-0.25, -0.2) is 0 Å². The molecule has 0 aliphatic rings. The second-order valence-corrected chi connectivity index (χ2v) is 4.99. The van der Waals surface area contributed by atoms with Crippen LogP contribution >= 0.6 is 0 Å². The number of hydrogen-bond acceptors (Lipinski definition) is 3. The summed E-state index contributed by atoms with van der Waals surface area (Å²) in [4.78, 5) is 11.4. The molecule has 0 aliphatic heterocycles. The molecule has 3 heteroatoms. The highest BCUT2D eigenvalue weighted by atomic mass is 16.5. The van der Waals surface area contributed by atoms with E-state index in [-0.39, 0.29) is 5.78 Å². The lowest BCUT2D eigenvalue weighted by molar-refractivity contribution is 0.0878. The zero-order chi connectivity index (χ0) is 14.3. The molecule has 0 saturated heterocycles. The summed E-state index contributed by atoms with van der Waals surface area (Å²) in [5.74, 6) is 1.39. The van der Waals surface area contributed by atoms with Crippen LogP contribution in [0.3, 0.4) is 0 Å². The van der Waals surface area contributed by atoms with Gasteiger partial charge in [-0.05, 0) is 37.5 Å². The van der Waals surface area contributed by atoms with Crippen LogP contribution in [0.1, 0.15) is 49.5 Å². The zero-order valence-electron chi connectivity index (χ0n) is 12.4. The molecule has 106 valence electrons. The molecular formula is C16H24O3. The van der Waals surface area contributed by atoms with E-state index >= 15 is 0 Å². The minimum Gasteiger partial charge on any atom is -0.496 e. The monoisotopic (exact) mass is 264 g/mol. The molecule has 1 unspecified atom stereocenters. The Morgan fingerprint density at radius 3 is 2.68 bits per heavy atom. The molecule has 19 heavy (non-hydrogen) atoms. The fourth-order valence-electron chi connectivity index (χ4n) is 2.06. The molecular weight excluding hydrogens is 240 g/mol. The number of hydrogen-bond donors (Lipinski definition) is 0. The van der Waals surface area contributed by atoms with Crippen LogP contribution in [0.5, 0.6) is 5.75 Å². The molecule has 0 aromatic heterocycles. The predicted octanol–water partition coefficient (Wildman–Crippen LogP) is 3.85. The van der Waals surface area contributed by atoms with Gasteiger partial charge in [0.25, 0.3) is 0 Å². The van der Waals surface area contributed by atoms with E-state index in [1.807, 2.05) is 12.1 Å². The molecule has 1 atom stereocenters. The third-order valence-electron chi connectivity index (χ3n) is 3.13. The van der Waals surface area contributed by atoms with Gasteiger partial charge >= 0.3 is 0 Å². The minimum atomic E-state index is 0.0586. The van der Waals surface area contributed by atoms with Gasteiger partial charge in [-0.2, -0.15) is 0 Å². The summed E-state index contributed by atoms with van der Waals surface area (Å²) in [6.07, 6.45) is 2.35. The standard InChI is InChI=1S/C16H24O3/c1-5-6-12(2)10-19-11-15-9-14(13(3)17)7-8-16(15)18-4/h7-9,12H,5-6,10-11H2,1-4H3. The summed E-state index contributed by atoms with van der Waals surface area (Å²) in [6, 6.07) is 5.46. The van der Waals surface area contributed by atoms with E-state index in [0.29, 0.717) is 18.1 Å². The average molecular weight is 264 g/mol. The van der Waals surface area contributed by atoms with Crippen molar-refractivity contribution in [3.63, 3.8) is 0 Å². The van der Waals surface area contributed by atoms with Crippen molar-refractivity contribution in [1.82, 2.24) is 0 Å². The maximum absolute atomic E-state index is 11.4. The van der Waals surface area contributed by atoms with Crippen molar-refractivity contribution in [3.05, 3.63) is 29.3 Å². The Kier molecular flexibility index (Phi) is 6.57. The average Bonchev–Trinajstić information content (AvgIpc) is 2.38. The molecule has 0 amide bonds. The van der Waals surface area contributed by atoms with Crippen LogP contribution in [-0.2, 0) is 11.3 Å². The molecule has 0 radical (unpaired) electrons. The smallest absolute Gasteiger partial charge is 0.159 e. The molecule has 3 nitrogen and oxygen atoms in total. The largest absolute Gasteiger partial charge is 0.496 e. The van der Waals surface area contributed by atoms with Gasteiger partial charge in [-0.3, -0.25) is 4.79 Å². The Morgan fingerprint density at radius 2 is 2.11 bits per heavy atom. The van der Waals surface area contributed by atoms with E-state index in [4.69, 9.17) is 9.47 Å². The van der Waals surface area contributed by atoms with E-state index < -0.39 is 0 Å². The van der Waals surface area contributed by atoms with Crippen molar-refractivity contribution < 1.29 is 14.3 Å². The molecule has 0 saturated carbocycles. The van der Waals surface area contributed by atoms with E-state index in [1.165, 1.54) is 12.8 Å². The number of rotatable bonds is 8. The van der Waals surface area contributed by atoms with Gasteiger partial charge in [0, 0.05) is 17.7 Å². The van der Waals surface area contributed by atoms with Gasteiger partial charge < -0.3 is 9.47 Å². The van der Waals surface area contributed by atoms with Gasteiger partial charge in [0.05, 0.1) is 13.7 Å². The molecule has 0 bridgehead atoms. The Balaban J connectivity index is 2.65. The lowest BCUT2D eigenvalue weighted by atomic mass is 10.1. The van der Waals surface area contributed by atoms with E-state index in [9.17, 15) is 4.79 Å². The maximum atomic E-state index is 11.4. The van der Waals surface area contributed by atoms with Crippen molar-refractivity contribution in [2.75, 3.05) is 13.7 Å². The normalized spacial score (nSPS) is 12.2. The van der Waals surface area contributed by atoms with Crippen molar-refractivity contribution in [2.45, 2.75) is 40.2 Å². The number of methoxy groups -OCH3 is 1. The quantitative estimate of drug-likeness (QED) is 0.669. The van der Waals surface area contributed by atoms with Gasteiger partial charge in [0.1, 0.15) is 5.75 Å². The fourth-order valence-corrected chi connectivity index (χ4v) is 2.06. The first kappa shape index (κ1) is 15.7. The Labute approximate surface area is 115 Å². The van der Waals surface area contributed by atoms with Gasteiger partial charge in [-0.1, -0.05) is 20.3 Å². The number of Topliss-reactive ketones (excluding diaryl/α,β-unsaturated/α-hetero) is 1. The molecule has 1 rings (SSSR count). The Morgan fingerprint density at radius 1 is 1.37 bits per heavy atom. The number of benzene rings is 1. The van der Waals surface area contributed by atoms with Gasteiger partial charge in [0.15, 0.2) is 5.78 Å². The SMILES string of the molecule is CCCC(C)COCc1cc(C(C)=O)ccc1OC. The molecule has 0 aliphatic carbocycles. The Hall–Kier alpha value is -1.35. The van der Waals surface area contributed by atoms with E-state index in [1.54, 1.807) is 20.1 Å². The highest BCUT2D eigenvalue weighted by Crippen LogP contribution is 2.21. The van der Waals surface area contributed by atoms with E-state index in [0.717, 1.165) is 17.9 Å². The summed E-state index contributed by atoms with van der Waals surface area (Å²) < 4.78 is 11.0. The summed E-state index contributed by atoms with van der Waals surface area (Å²) in [6.45, 7) is 7.15. The number of ketones is 1. The third-order valence-corrected chi connectivity index (χ3v) is 3.13. The highest BCUT2D eigenvalue weighted by molar-refractivity contribution is 5.94. The lowest BCUT2D eigenvalue weighted by Gasteiger charge is -2.13. The van der Waals surface area contributed by atoms with Crippen LogP contribution in [0.2, 0.25) is 0 Å². The van der Waals surface area contributed by atoms with Crippen molar-refractivity contribution >= 4 is 5.78 Å². The van der Waals surface area contributed by atoms with Crippen LogP contribution in [0, 0.1) is 5.92 Å². The summed E-state index contributed by atoms with van der Waals surface area (Å²) in [5.41, 5.74) is 1.62. The molecule has 1 aromatic rings. The highest BCUT2D eigenvalue weighted by Gasteiger charge is 2.08. The van der Waals surface area contributed by atoms with Gasteiger partial charge in [0.2, 0.25) is 0 Å². The van der Waals surface area contributed by atoms with Gasteiger partial charge in [-0.15, -0.1) is 0 Å². The van der Waals surface area contributed by atoms with Crippen LogP contribution < -0.4 is 4.74 Å². The van der Waals surface area contributed by atoms with Crippen molar-refractivity contribution in [1.29, 1.82) is 0 Å². The first-order valence-electron chi connectivity index (χ1n) is 6.84. The molecule has 0 heterocycles. The van der Waals surface area contributed by atoms with Crippen LogP contribution in [0.25, 0.3) is 0 Å². The van der Waals surface area contributed by atoms with Crippen LogP contribution in [-0.4, -0.2) is 19.5 Å². The molecule has 0 N–H and O–H groups in total. The first-order valence-corrected chi connectivity index (χ1v) is 6.84. The number of carbonyl (C=O) groups is 1. The first-order chi connectivity index (χ1) is 9.08. The number of carbonyl (C=O) groups excluding carboxylic acids is 1. The number of ether oxygens (including phenoxy) is 2. The van der Waals surface area contributed by atoms with Crippen LogP contribution in [0.15, 0.2) is 18.2 Å². The molecule has 1 aromatic carbocycles. The predicted molar refractivity (Wildman–Crippen MR) is 76.7 cm³/mol. The zero-order valence-corrected chi connectivity index (χ0v) is 12.4. The van der Waals surface area contributed by atoms with Crippen molar-refractivity contribution in [2.24, 2.45) is 5.92 Å². The lowest BCUT2D eigenvalue weighted by Crippen LogP contribution is -2.07. The van der Waals surface area contributed by atoms with Crippen LogP contribution in [0.4, 0.5) is 0 Å². The second kappa shape index (κ2) is 7.95.